The van der Waals surface area contributed by atoms with Gasteiger partial charge in [0.15, 0.2) is 0 Å². The minimum Gasteiger partial charge on any atom is -0.397 e. The SMILES string of the molecule is COC1CCCN(c2c(N)cccc2Cl)C1. The number of nitrogens with two attached hydrogens (primary N) is 1. The Kier molecular flexibility index (Phi) is 3.56. The average molecular weight is 241 g/mol. The molecule has 0 aliphatic carbocycles. The molecule has 3 nitrogen and oxygen atoms in total. The summed E-state index contributed by atoms with van der Waals surface area (Å²) in [6.45, 7) is 1.86. The van der Waals surface area contributed by atoms with Gasteiger partial charge in [-0.05, 0) is 25.0 Å². The zero-order valence-electron chi connectivity index (χ0n) is 9.45. The number of ether oxygens (including phenoxy) is 1. The van der Waals surface area contributed by atoms with Crippen molar-refractivity contribution in [2.75, 3.05) is 30.8 Å². The van der Waals surface area contributed by atoms with E-state index in [-0.39, 0.29) is 6.10 Å². The van der Waals surface area contributed by atoms with E-state index in [1.807, 2.05) is 18.2 Å². The van der Waals surface area contributed by atoms with Crippen LogP contribution in [0.2, 0.25) is 5.02 Å². The number of nitrogen functional groups attached to an aromatic ring is 1. The molecule has 0 amide bonds. The van der Waals surface area contributed by atoms with Crippen molar-refractivity contribution >= 4 is 23.0 Å². The highest BCUT2D eigenvalue weighted by atomic mass is 35.5. The van der Waals surface area contributed by atoms with Crippen LogP contribution >= 0.6 is 11.6 Å². The highest BCUT2D eigenvalue weighted by Gasteiger charge is 2.22. The Morgan fingerprint density at radius 1 is 1.50 bits per heavy atom. The standard InChI is InChI=1S/C12H17ClN2O/c1-16-9-4-3-7-15(8-9)12-10(13)5-2-6-11(12)14/h2,5-6,9H,3-4,7-8,14H2,1H3. The number of anilines is 2. The summed E-state index contributed by atoms with van der Waals surface area (Å²) in [6, 6.07) is 5.64. The van der Waals surface area contributed by atoms with Gasteiger partial charge in [0.05, 0.1) is 22.5 Å². The fourth-order valence-electron chi connectivity index (χ4n) is 2.20. The number of nitrogens with zero attached hydrogens (tertiary/aromatic N) is 1. The third-order valence-corrected chi connectivity index (χ3v) is 3.35. The van der Waals surface area contributed by atoms with Gasteiger partial charge >= 0.3 is 0 Å². The van der Waals surface area contributed by atoms with Crippen LogP contribution < -0.4 is 10.6 Å². The van der Waals surface area contributed by atoms with Gasteiger partial charge in [0.1, 0.15) is 0 Å². The third kappa shape index (κ3) is 2.25. The van der Waals surface area contributed by atoms with Crippen LogP contribution in [-0.4, -0.2) is 26.3 Å². The predicted molar refractivity (Wildman–Crippen MR) is 68.1 cm³/mol. The first-order valence-electron chi connectivity index (χ1n) is 5.54. The fraction of sp³-hybridized carbons (Fsp3) is 0.500. The molecule has 0 saturated carbocycles. The quantitative estimate of drug-likeness (QED) is 0.808. The topological polar surface area (TPSA) is 38.5 Å². The first-order valence-corrected chi connectivity index (χ1v) is 5.92. The molecule has 0 spiro atoms. The number of piperidine rings is 1. The lowest BCUT2D eigenvalue weighted by Crippen LogP contribution is -2.39. The summed E-state index contributed by atoms with van der Waals surface area (Å²) in [5.41, 5.74) is 7.66. The number of hydrogen-bond donors (Lipinski definition) is 1. The summed E-state index contributed by atoms with van der Waals surface area (Å²) >= 11 is 6.19. The van der Waals surface area contributed by atoms with Gasteiger partial charge in [-0.25, -0.2) is 0 Å². The van der Waals surface area contributed by atoms with Crippen LogP contribution in [0.25, 0.3) is 0 Å². The number of rotatable bonds is 2. The maximum Gasteiger partial charge on any atom is 0.0790 e. The monoisotopic (exact) mass is 240 g/mol. The van der Waals surface area contributed by atoms with E-state index in [4.69, 9.17) is 22.1 Å². The van der Waals surface area contributed by atoms with E-state index < -0.39 is 0 Å². The molecule has 1 aliphatic rings. The molecule has 88 valence electrons. The second kappa shape index (κ2) is 4.93. The molecule has 0 aromatic heterocycles. The van der Waals surface area contributed by atoms with E-state index in [0.717, 1.165) is 42.3 Å². The van der Waals surface area contributed by atoms with Crippen molar-refractivity contribution in [1.82, 2.24) is 0 Å². The summed E-state index contributed by atoms with van der Waals surface area (Å²) in [7, 11) is 1.75. The van der Waals surface area contributed by atoms with Crippen LogP contribution in [0.1, 0.15) is 12.8 Å². The lowest BCUT2D eigenvalue weighted by molar-refractivity contribution is 0.0894. The Hall–Kier alpha value is -0.930. The summed E-state index contributed by atoms with van der Waals surface area (Å²) in [4.78, 5) is 2.22. The molecular formula is C12H17ClN2O. The van der Waals surface area contributed by atoms with E-state index in [2.05, 4.69) is 4.90 Å². The molecule has 16 heavy (non-hydrogen) atoms. The van der Waals surface area contributed by atoms with E-state index in [9.17, 15) is 0 Å². The lowest BCUT2D eigenvalue weighted by atomic mass is 10.1. The van der Waals surface area contributed by atoms with Crippen molar-refractivity contribution in [3.63, 3.8) is 0 Å². The lowest BCUT2D eigenvalue weighted by Gasteiger charge is -2.34. The highest BCUT2D eigenvalue weighted by Crippen LogP contribution is 2.33. The molecule has 0 bridgehead atoms. The molecule has 0 radical (unpaired) electrons. The smallest absolute Gasteiger partial charge is 0.0790 e. The molecule has 2 N–H and O–H groups in total. The summed E-state index contributed by atoms with van der Waals surface area (Å²) in [5, 5.41) is 0.719. The normalized spacial score (nSPS) is 21.1. The molecule has 1 atom stereocenters. The molecule has 1 aliphatic heterocycles. The molecule has 4 heteroatoms. The predicted octanol–water partition coefficient (Wildman–Crippen LogP) is 2.54. The average Bonchev–Trinajstić information content (AvgIpc) is 2.29. The first-order chi connectivity index (χ1) is 7.72. The van der Waals surface area contributed by atoms with Crippen LogP contribution in [0.3, 0.4) is 0 Å². The minimum atomic E-state index is 0.282. The van der Waals surface area contributed by atoms with E-state index in [1.165, 1.54) is 0 Å². The Morgan fingerprint density at radius 3 is 3.00 bits per heavy atom. The molecule has 2 rings (SSSR count). The number of halogens is 1. The van der Waals surface area contributed by atoms with Crippen molar-refractivity contribution < 1.29 is 4.74 Å². The van der Waals surface area contributed by atoms with Crippen LogP contribution in [-0.2, 0) is 4.74 Å². The Morgan fingerprint density at radius 2 is 2.31 bits per heavy atom. The maximum atomic E-state index is 6.19. The fourth-order valence-corrected chi connectivity index (χ4v) is 2.50. The molecule has 1 fully saturated rings. The van der Waals surface area contributed by atoms with Gasteiger partial charge in [0.2, 0.25) is 0 Å². The highest BCUT2D eigenvalue weighted by molar-refractivity contribution is 6.34. The zero-order chi connectivity index (χ0) is 11.5. The van der Waals surface area contributed by atoms with Crippen molar-refractivity contribution in [2.45, 2.75) is 18.9 Å². The van der Waals surface area contributed by atoms with E-state index >= 15 is 0 Å². The van der Waals surface area contributed by atoms with Crippen LogP contribution in [0.15, 0.2) is 18.2 Å². The molecule has 1 heterocycles. The van der Waals surface area contributed by atoms with Crippen molar-refractivity contribution in [3.05, 3.63) is 23.2 Å². The van der Waals surface area contributed by atoms with Crippen molar-refractivity contribution in [2.24, 2.45) is 0 Å². The van der Waals surface area contributed by atoms with E-state index in [1.54, 1.807) is 7.11 Å². The number of methoxy groups -OCH3 is 1. The number of para-hydroxylation sites is 1. The number of hydrogen-bond acceptors (Lipinski definition) is 3. The summed E-state index contributed by atoms with van der Waals surface area (Å²) in [5.74, 6) is 0. The van der Waals surface area contributed by atoms with Crippen LogP contribution in [0.4, 0.5) is 11.4 Å². The van der Waals surface area contributed by atoms with Gasteiger partial charge in [-0.3, -0.25) is 0 Å². The molecule has 1 unspecified atom stereocenters. The van der Waals surface area contributed by atoms with Crippen molar-refractivity contribution in [3.8, 4) is 0 Å². The summed E-state index contributed by atoms with van der Waals surface area (Å²) < 4.78 is 5.40. The third-order valence-electron chi connectivity index (χ3n) is 3.05. The Labute approximate surface area is 101 Å². The first kappa shape index (κ1) is 11.6. The maximum absolute atomic E-state index is 6.19. The minimum absolute atomic E-state index is 0.282. The molecule has 1 saturated heterocycles. The van der Waals surface area contributed by atoms with Gasteiger partial charge in [0, 0.05) is 20.2 Å². The van der Waals surface area contributed by atoms with Crippen LogP contribution in [0, 0.1) is 0 Å². The van der Waals surface area contributed by atoms with Gasteiger partial charge in [-0.2, -0.15) is 0 Å². The molecule has 1 aromatic carbocycles. The van der Waals surface area contributed by atoms with Crippen molar-refractivity contribution in [1.29, 1.82) is 0 Å². The van der Waals surface area contributed by atoms with Gasteiger partial charge in [0.25, 0.3) is 0 Å². The zero-order valence-corrected chi connectivity index (χ0v) is 10.2. The van der Waals surface area contributed by atoms with Gasteiger partial charge in [-0.15, -0.1) is 0 Å². The Balaban J connectivity index is 2.23. The van der Waals surface area contributed by atoms with Gasteiger partial charge in [-0.1, -0.05) is 17.7 Å². The van der Waals surface area contributed by atoms with Crippen LogP contribution in [0.5, 0.6) is 0 Å². The largest absolute Gasteiger partial charge is 0.397 e. The second-order valence-corrected chi connectivity index (χ2v) is 4.53. The second-order valence-electron chi connectivity index (χ2n) is 4.12. The Bertz CT molecular complexity index is 350. The van der Waals surface area contributed by atoms with Gasteiger partial charge < -0.3 is 15.4 Å². The molecule has 1 aromatic rings. The number of benzene rings is 1. The summed E-state index contributed by atoms with van der Waals surface area (Å²) in [6.07, 6.45) is 2.50. The van der Waals surface area contributed by atoms with E-state index in [0.29, 0.717) is 0 Å². The molecular weight excluding hydrogens is 224 g/mol.